The number of rotatable bonds is 5. The van der Waals surface area contributed by atoms with Gasteiger partial charge in [0.15, 0.2) is 0 Å². The first kappa shape index (κ1) is 13.5. The fourth-order valence-electron chi connectivity index (χ4n) is 2.31. The van der Waals surface area contributed by atoms with Crippen molar-refractivity contribution in [3.8, 4) is 0 Å². The third-order valence-corrected chi connectivity index (χ3v) is 3.55. The molecule has 3 nitrogen and oxygen atoms in total. The second-order valence-corrected chi connectivity index (χ2v) is 5.71. The van der Waals surface area contributed by atoms with Crippen LogP contribution in [0.5, 0.6) is 0 Å². The topological polar surface area (TPSA) is 40.5 Å². The van der Waals surface area contributed by atoms with E-state index in [1.54, 1.807) is 0 Å². The lowest BCUT2D eigenvalue weighted by Crippen LogP contribution is -2.26. The largest absolute Gasteiger partial charge is 0.481 e. The summed E-state index contributed by atoms with van der Waals surface area (Å²) in [5, 5.41) is 8.55. The summed E-state index contributed by atoms with van der Waals surface area (Å²) in [5.41, 5.74) is 0.496. The van der Waals surface area contributed by atoms with Gasteiger partial charge >= 0.3 is 5.97 Å². The third kappa shape index (κ3) is 5.50. The van der Waals surface area contributed by atoms with Gasteiger partial charge in [-0.1, -0.05) is 13.8 Å². The Morgan fingerprint density at radius 1 is 1.25 bits per heavy atom. The van der Waals surface area contributed by atoms with Crippen molar-refractivity contribution in [2.45, 2.75) is 52.4 Å². The number of aliphatic carboxylic acids is 1. The lowest BCUT2D eigenvalue weighted by atomic mass is 9.85. The minimum Gasteiger partial charge on any atom is -0.481 e. The van der Waals surface area contributed by atoms with Crippen LogP contribution < -0.4 is 0 Å². The molecule has 0 bridgehead atoms. The molecule has 1 saturated heterocycles. The zero-order chi connectivity index (χ0) is 12.0. The summed E-state index contributed by atoms with van der Waals surface area (Å²) < 4.78 is 0. The smallest absolute Gasteiger partial charge is 0.303 e. The van der Waals surface area contributed by atoms with Gasteiger partial charge in [-0.15, -0.1) is 0 Å². The van der Waals surface area contributed by atoms with Crippen LogP contribution in [0.4, 0.5) is 0 Å². The van der Waals surface area contributed by atoms with Crippen LogP contribution in [0.3, 0.4) is 0 Å². The van der Waals surface area contributed by atoms with E-state index in [9.17, 15) is 4.79 Å². The first-order valence-electron chi connectivity index (χ1n) is 6.44. The zero-order valence-electron chi connectivity index (χ0n) is 10.7. The van der Waals surface area contributed by atoms with Crippen molar-refractivity contribution in [1.29, 1.82) is 0 Å². The Morgan fingerprint density at radius 2 is 2.00 bits per heavy atom. The number of nitrogens with zero attached hydrogens (tertiary/aromatic N) is 1. The van der Waals surface area contributed by atoms with E-state index in [1.165, 1.54) is 32.4 Å². The van der Waals surface area contributed by atoms with Gasteiger partial charge in [-0.3, -0.25) is 4.79 Å². The quantitative estimate of drug-likeness (QED) is 0.734. The maximum atomic E-state index is 10.4. The predicted octanol–water partition coefficient (Wildman–Crippen LogP) is 2.75. The minimum absolute atomic E-state index is 0.319. The second-order valence-electron chi connectivity index (χ2n) is 5.71. The molecule has 1 heterocycles. The molecule has 0 aromatic carbocycles. The highest BCUT2D eigenvalue weighted by Gasteiger charge is 2.22. The summed E-state index contributed by atoms with van der Waals surface area (Å²) in [7, 11) is 0. The molecule has 0 radical (unpaired) electrons. The fourth-order valence-corrected chi connectivity index (χ4v) is 2.31. The van der Waals surface area contributed by atoms with E-state index in [2.05, 4.69) is 18.7 Å². The Balaban J connectivity index is 2.15. The Bertz CT molecular complexity index is 226. The van der Waals surface area contributed by atoms with Crippen LogP contribution in [-0.4, -0.2) is 35.6 Å². The Kier molecular flexibility index (Phi) is 5.26. The number of carbonyl (C=O) groups is 1. The van der Waals surface area contributed by atoms with Crippen LogP contribution >= 0.6 is 0 Å². The molecule has 0 atom stereocenters. The molecule has 0 amide bonds. The average molecular weight is 227 g/mol. The molecule has 0 saturated carbocycles. The SMILES string of the molecule is CC1(C)CCCN(CCCCC(=O)O)CC1. The van der Waals surface area contributed by atoms with Gasteiger partial charge in [0.05, 0.1) is 0 Å². The van der Waals surface area contributed by atoms with Crippen LogP contribution in [0.25, 0.3) is 0 Å². The van der Waals surface area contributed by atoms with Gasteiger partial charge in [-0.05, 0) is 57.2 Å². The first-order valence-corrected chi connectivity index (χ1v) is 6.44. The molecule has 0 aliphatic carbocycles. The Morgan fingerprint density at radius 3 is 2.69 bits per heavy atom. The number of hydrogen-bond acceptors (Lipinski definition) is 2. The predicted molar refractivity (Wildman–Crippen MR) is 65.6 cm³/mol. The lowest BCUT2D eigenvalue weighted by Gasteiger charge is -2.23. The van der Waals surface area contributed by atoms with Crippen molar-refractivity contribution < 1.29 is 9.90 Å². The van der Waals surface area contributed by atoms with E-state index in [-0.39, 0.29) is 0 Å². The van der Waals surface area contributed by atoms with Crippen molar-refractivity contribution in [3.05, 3.63) is 0 Å². The normalized spacial score (nSPS) is 21.6. The van der Waals surface area contributed by atoms with E-state index in [1.807, 2.05) is 0 Å². The first-order chi connectivity index (χ1) is 7.49. The monoisotopic (exact) mass is 227 g/mol. The molecule has 1 fully saturated rings. The summed E-state index contributed by atoms with van der Waals surface area (Å²) in [6, 6.07) is 0. The van der Waals surface area contributed by atoms with Crippen LogP contribution in [0.1, 0.15) is 52.4 Å². The highest BCUT2D eigenvalue weighted by atomic mass is 16.4. The third-order valence-electron chi connectivity index (χ3n) is 3.55. The Labute approximate surface area is 98.8 Å². The van der Waals surface area contributed by atoms with Crippen LogP contribution in [-0.2, 0) is 4.79 Å². The number of carboxylic acids is 1. The molecule has 1 N–H and O–H groups in total. The molecule has 1 aliphatic heterocycles. The summed E-state index contributed by atoms with van der Waals surface area (Å²) in [6.07, 6.45) is 6.03. The van der Waals surface area contributed by atoms with Crippen LogP contribution in [0, 0.1) is 5.41 Å². The summed E-state index contributed by atoms with van der Waals surface area (Å²) in [6.45, 7) is 8.14. The van der Waals surface area contributed by atoms with Crippen molar-refractivity contribution in [3.63, 3.8) is 0 Å². The Hall–Kier alpha value is -0.570. The van der Waals surface area contributed by atoms with E-state index in [0.29, 0.717) is 11.8 Å². The van der Waals surface area contributed by atoms with Gasteiger partial charge in [0.2, 0.25) is 0 Å². The maximum absolute atomic E-state index is 10.4. The molecule has 0 aromatic heterocycles. The molecule has 0 aromatic rings. The standard InChI is InChI=1S/C13H25NO2/c1-13(2)7-5-10-14(11-8-13)9-4-3-6-12(15)16/h3-11H2,1-2H3,(H,15,16). The van der Waals surface area contributed by atoms with E-state index >= 15 is 0 Å². The van der Waals surface area contributed by atoms with Gasteiger partial charge in [0.1, 0.15) is 0 Å². The van der Waals surface area contributed by atoms with Crippen LogP contribution in [0.2, 0.25) is 0 Å². The molecule has 3 heteroatoms. The second kappa shape index (κ2) is 6.24. The molecule has 94 valence electrons. The van der Waals surface area contributed by atoms with E-state index in [0.717, 1.165) is 19.4 Å². The van der Waals surface area contributed by atoms with Gasteiger partial charge in [0.25, 0.3) is 0 Å². The van der Waals surface area contributed by atoms with Crippen molar-refractivity contribution in [2.75, 3.05) is 19.6 Å². The molecule has 0 unspecified atom stereocenters. The average Bonchev–Trinajstić information content (AvgIpc) is 2.34. The highest BCUT2D eigenvalue weighted by Crippen LogP contribution is 2.29. The number of unbranched alkanes of at least 4 members (excludes halogenated alkanes) is 1. The minimum atomic E-state index is -0.669. The number of carboxylic acid groups (broad SMARTS) is 1. The molecule has 1 rings (SSSR count). The van der Waals surface area contributed by atoms with E-state index in [4.69, 9.17) is 5.11 Å². The lowest BCUT2D eigenvalue weighted by molar-refractivity contribution is -0.137. The summed E-state index contributed by atoms with van der Waals surface area (Å²) in [5.74, 6) is -0.669. The molecule has 16 heavy (non-hydrogen) atoms. The van der Waals surface area contributed by atoms with Gasteiger partial charge in [0, 0.05) is 6.42 Å². The highest BCUT2D eigenvalue weighted by molar-refractivity contribution is 5.66. The summed E-state index contributed by atoms with van der Waals surface area (Å²) in [4.78, 5) is 12.9. The number of likely N-dealkylation sites (tertiary alicyclic amines) is 1. The molecular formula is C13H25NO2. The summed E-state index contributed by atoms with van der Waals surface area (Å²) >= 11 is 0. The van der Waals surface area contributed by atoms with E-state index < -0.39 is 5.97 Å². The number of hydrogen-bond donors (Lipinski definition) is 1. The fraction of sp³-hybridized carbons (Fsp3) is 0.923. The van der Waals surface area contributed by atoms with Gasteiger partial charge < -0.3 is 10.0 Å². The van der Waals surface area contributed by atoms with Crippen molar-refractivity contribution in [1.82, 2.24) is 4.90 Å². The molecular weight excluding hydrogens is 202 g/mol. The van der Waals surface area contributed by atoms with Crippen molar-refractivity contribution in [2.24, 2.45) is 5.41 Å². The molecule has 1 aliphatic rings. The van der Waals surface area contributed by atoms with Crippen molar-refractivity contribution >= 4 is 5.97 Å². The van der Waals surface area contributed by atoms with Crippen LogP contribution in [0.15, 0.2) is 0 Å². The molecule has 0 spiro atoms. The zero-order valence-corrected chi connectivity index (χ0v) is 10.7. The van der Waals surface area contributed by atoms with Gasteiger partial charge in [-0.25, -0.2) is 0 Å². The maximum Gasteiger partial charge on any atom is 0.303 e. The van der Waals surface area contributed by atoms with Gasteiger partial charge in [-0.2, -0.15) is 0 Å².